The molecule has 0 unspecified atom stereocenters. The number of halogens is 1. The molecule has 1 fully saturated rings. The third kappa shape index (κ3) is 3.25. The Morgan fingerprint density at radius 1 is 1.35 bits per heavy atom. The molecule has 1 aromatic heterocycles. The van der Waals surface area contributed by atoms with Crippen LogP contribution in [0.4, 0.5) is 10.1 Å². The highest BCUT2D eigenvalue weighted by Gasteiger charge is 2.24. The largest absolute Gasteiger partial charge is 0.324 e. The number of aromatic nitrogens is 1. The third-order valence-corrected chi connectivity index (χ3v) is 3.38. The van der Waals surface area contributed by atoms with Gasteiger partial charge in [0, 0.05) is 5.92 Å². The van der Waals surface area contributed by atoms with E-state index in [1.165, 1.54) is 18.3 Å². The molecule has 1 heterocycles. The fourth-order valence-corrected chi connectivity index (χ4v) is 2.22. The summed E-state index contributed by atoms with van der Waals surface area (Å²) < 4.78 is 12.6. The first kappa shape index (κ1) is 12.0. The first-order valence-corrected chi connectivity index (χ1v) is 6.07. The average Bonchev–Trinajstić information content (AvgIpc) is 2.33. The molecule has 1 aliphatic carbocycles. The average molecular weight is 236 g/mol. The second-order valence-corrected chi connectivity index (χ2v) is 4.82. The molecule has 1 amide bonds. The number of rotatable bonds is 2. The summed E-state index contributed by atoms with van der Waals surface area (Å²) >= 11 is 0. The summed E-state index contributed by atoms with van der Waals surface area (Å²) in [5.74, 6) is 0.322. The maximum absolute atomic E-state index is 12.6. The normalized spacial score (nSPS) is 24.4. The Bertz CT molecular complexity index is 383. The van der Waals surface area contributed by atoms with Crippen molar-refractivity contribution in [2.45, 2.75) is 32.6 Å². The Morgan fingerprint density at radius 2 is 2.06 bits per heavy atom. The molecule has 0 aliphatic heterocycles. The van der Waals surface area contributed by atoms with Gasteiger partial charge in [-0.2, -0.15) is 4.39 Å². The van der Waals surface area contributed by atoms with Crippen LogP contribution >= 0.6 is 0 Å². The van der Waals surface area contributed by atoms with Crippen LogP contribution in [0.1, 0.15) is 32.6 Å². The van der Waals surface area contributed by atoms with Gasteiger partial charge in [-0.05, 0) is 43.7 Å². The fourth-order valence-electron chi connectivity index (χ4n) is 2.22. The SMILES string of the molecule is CC1CCC(C(=O)Nc2ccc(F)nc2)CC1. The van der Waals surface area contributed by atoms with Crippen molar-refractivity contribution in [1.29, 1.82) is 0 Å². The zero-order chi connectivity index (χ0) is 12.3. The number of anilines is 1. The molecule has 0 aromatic carbocycles. The van der Waals surface area contributed by atoms with Gasteiger partial charge in [-0.1, -0.05) is 6.92 Å². The van der Waals surface area contributed by atoms with Gasteiger partial charge in [-0.25, -0.2) is 4.98 Å². The maximum Gasteiger partial charge on any atom is 0.227 e. The van der Waals surface area contributed by atoms with E-state index in [1.807, 2.05) is 0 Å². The maximum atomic E-state index is 12.6. The van der Waals surface area contributed by atoms with Gasteiger partial charge >= 0.3 is 0 Å². The third-order valence-electron chi connectivity index (χ3n) is 3.38. The van der Waals surface area contributed by atoms with Gasteiger partial charge in [0.25, 0.3) is 0 Å². The van der Waals surface area contributed by atoms with Crippen molar-refractivity contribution in [2.75, 3.05) is 5.32 Å². The molecule has 92 valence electrons. The van der Waals surface area contributed by atoms with E-state index < -0.39 is 5.95 Å². The smallest absolute Gasteiger partial charge is 0.227 e. The van der Waals surface area contributed by atoms with Crippen molar-refractivity contribution < 1.29 is 9.18 Å². The molecule has 1 aliphatic rings. The first-order chi connectivity index (χ1) is 8.15. The number of carbonyl (C=O) groups excluding carboxylic acids is 1. The summed E-state index contributed by atoms with van der Waals surface area (Å²) in [4.78, 5) is 15.4. The van der Waals surface area contributed by atoms with Gasteiger partial charge in [-0.15, -0.1) is 0 Å². The minimum Gasteiger partial charge on any atom is -0.324 e. The number of nitrogens with one attached hydrogen (secondary N) is 1. The molecular weight excluding hydrogens is 219 g/mol. The fraction of sp³-hybridized carbons (Fsp3) is 0.538. The van der Waals surface area contributed by atoms with Crippen LogP contribution in [-0.2, 0) is 4.79 Å². The molecule has 0 radical (unpaired) electrons. The number of hydrogen-bond acceptors (Lipinski definition) is 2. The van der Waals surface area contributed by atoms with Crippen LogP contribution in [0.25, 0.3) is 0 Å². The van der Waals surface area contributed by atoms with Gasteiger partial charge in [0.1, 0.15) is 0 Å². The highest BCUT2D eigenvalue weighted by molar-refractivity contribution is 5.92. The Morgan fingerprint density at radius 3 is 2.65 bits per heavy atom. The monoisotopic (exact) mass is 236 g/mol. The molecule has 4 heteroatoms. The van der Waals surface area contributed by atoms with Crippen molar-refractivity contribution in [2.24, 2.45) is 11.8 Å². The second kappa shape index (κ2) is 5.25. The highest BCUT2D eigenvalue weighted by atomic mass is 19.1. The van der Waals surface area contributed by atoms with Crippen molar-refractivity contribution in [3.63, 3.8) is 0 Å². The lowest BCUT2D eigenvalue weighted by atomic mass is 9.82. The van der Waals surface area contributed by atoms with E-state index in [-0.39, 0.29) is 11.8 Å². The minimum absolute atomic E-state index is 0.0327. The molecule has 1 saturated carbocycles. The molecule has 0 bridgehead atoms. The van der Waals surface area contributed by atoms with Crippen molar-refractivity contribution >= 4 is 11.6 Å². The molecule has 3 nitrogen and oxygen atoms in total. The molecule has 0 saturated heterocycles. The van der Waals surface area contributed by atoms with E-state index in [0.29, 0.717) is 5.69 Å². The van der Waals surface area contributed by atoms with Gasteiger partial charge in [0.2, 0.25) is 11.9 Å². The second-order valence-electron chi connectivity index (χ2n) is 4.82. The Labute approximate surface area is 100 Å². The van der Waals surface area contributed by atoms with Crippen molar-refractivity contribution in [1.82, 2.24) is 4.98 Å². The summed E-state index contributed by atoms with van der Waals surface area (Å²) in [7, 11) is 0. The lowest BCUT2D eigenvalue weighted by Crippen LogP contribution is -2.26. The summed E-state index contributed by atoms with van der Waals surface area (Å²) in [5.41, 5.74) is 0.565. The van der Waals surface area contributed by atoms with Gasteiger partial charge in [0.15, 0.2) is 0 Å². The topological polar surface area (TPSA) is 42.0 Å². The summed E-state index contributed by atoms with van der Waals surface area (Å²) in [5, 5.41) is 2.79. The molecule has 0 atom stereocenters. The molecule has 2 rings (SSSR count). The van der Waals surface area contributed by atoms with E-state index in [0.717, 1.165) is 31.6 Å². The zero-order valence-corrected chi connectivity index (χ0v) is 9.95. The summed E-state index contributed by atoms with van der Waals surface area (Å²) in [6, 6.07) is 2.78. The number of amides is 1. The molecule has 17 heavy (non-hydrogen) atoms. The number of nitrogens with zero attached hydrogens (tertiary/aromatic N) is 1. The van der Waals surface area contributed by atoms with Gasteiger partial charge in [0.05, 0.1) is 11.9 Å². The predicted molar refractivity (Wildman–Crippen MR) is 63.9 cm³/mol. The van der Waals surface area contributed by atoms with E-state index in [9.17, 15) is 9.18 Å². The van der Waals surface area contributed by atoms with Crippen LogP contribution in [0.3, 0.4) is 0 Å². The molecular formula is C13H17FN2O. The van der Waals surface area contributed by atoms with E-state index in [4.69, 9.17) is 0 Å². The summed E-state index contributed by atoms with van der Waals surface area (Å²) in [6.45, 7) is 2.22. The van der Waals surface area contributed by atoms with Crippen molar-refractivity contribution in [3.05, 3.63) is 24.3 Å². The molecule has 1 aromatic rings. The van der Waals surface area contributed by atoms with E-state index in [1.54, 1.807) is 0 Å². The minimum atomic E-state index is -0.533. The van der Waals surface area contributed by atoms with E-state index in [2.05, 4.69) is 17.2 Å². The van der Waals surface area contributed by atoms with Crippen LogP contribution in [0, 0.1) is 17.8 Å². The van der Waals surface area contributed by atoms with Crippen LogP contribution in [-0.4, -0.2) is 10.9 Å². The zero-order valence-electron chi connectivity index (χ0n) is 9.95. The predicted octanol–water partition coefficient (Wildman–Crippen LogP) is 2.99. The standard InChI is InChI=1S/C13H17FN2O/c1-9-2-4-10(5-3-9)13(17)16-11-6-7-12(14)15-8-11/h6-10H,2-5H2,1H3,(H,16,17). The van der Waals surface area contributed by atoms with Crippen LogP contribution in [0.15, 0.2) is 18.3 Å². The Hall–Kier alpha value is -1.45. The Balaban J connectivity index is 1.90. The van der Waals surface area contributed by atoms with Crippen LogP contribution in [0.2, 0.25) is 0 Å². The van der Waals surface area contributed by atoms with Crippen LogP contribution in [0.5, 0.6) is 0 Å². The lowest BCUT2D eigenvalue weighted by Gasteiger charge is -2.25. The molecule has 1 N–H and O–H groups in total. The lowest BCUT2D eigenvalue weighted by molar-refractivity contribution is -0.121. The molecule has 0 spiro atoms. The van der Waals surface area contributed by atoms with Gasteiger partial charge in [-0.3, -0.25) is 4.79 Å². The van der Waals surface area contributed by atoms with Crippen molar-refractivity contribution in [3.8, 4) is 0 Å². The number of hydrogen-bond donors (Lipinski definition) is 1. The highest BCUT2D eigenvalue weighted by Crippen LogP contribution is 2.29. The van der Waals surface area contributed by atoms with Gasteiger partial charge < -0.3 is 5.32 Å². The van der Waals surface area contributed by atoms with E-state index >= 15 is 0 Å². The number of carbonyl (C=O) groups is 1. The Kier molecular flexibility index (Phi) is 3.71. The first-order valence-electron chi connectivity index (χ1n) is 6.07. The number of pyridine rings is 1. The quantitative estimate of drug-likeness (QED) is 0.802. The summed E-state index contributed by atoms with van der Waals surface area (Å²) in [6.07, 6.45) is 5.46. The van der Waals surface area contributed by atoms with Crippen LogP contribution < -0.4 is 5.32 Å².